The Kier molecular flexibility index (Phi) is 5.58. The van der Waals surface area contributed by atoms with E-state index in [-0.39, 0.29) is 5.91 Å². The lowest BCUT2D eigenvalue weighted by Gasteiger charge is -2.36. The Balaban J connectivity index is 2.35. The van der Waals surface area contributed by atoms with E-state index in [2.05, 4.69) is 6.92 Å². The second kappa shape index (κ2) is 7.13. The highest BCUT2D eigenvalue weighted by Gasteiger charge is 2.33. The number of likely N-dealkylation sites (tertiary alicyclic amines) is 1. The largest absolute Gasteiger partial charge is 0.341 e. The Morgan fingerprint density at radius 2 is 1.83 bits per heavy atom. The van der Waals surface area contributed by atoms with Gasteiger partial charge in [0.15, 0.2) is 0 Å². The van der Waals surface area contributed by atoms with Crippen molar-refractivity contribution in [2.45, 2.75) is 46.6 Å². The Morgan fingerprint density at radius 1 is 1.25 bits per heavy atom. The molecule has 1 aliphatic heterocycles. The van der Waals surface area contributed by atoms with Gasteiger partial charge in [-0.3, -0.25) is 9.10 Å². The van der Waals surface area contributed by atoms with Gasteiger partial charge in [0, 0.05) is 13.1 Å². The molecule has 1 aromatic carbocycles. The number of amides is 1. The van der Waals surface area contributed by atoms with E-state index in [1.807, 2.05) is 32.0 Å². The SMILES string of the molecule is Cc1cc(C)cc(N([C@@H](C)C(=O)N2CCC[C@H](C)C2)S(C)(=O)=O)c1. The molecule has 0 aromatic heterocycles. The first kappa shape index (κ1) is 18.8. The molecule has 2 rings (SSSR count). The zero-order valence-corrected chi connectivity index (χ0v) is 16.1. The molecule has 0 bridgehead atoms. The lowest BCUT2D eigenvalue weighted by atomic mass is 10.00. The van der Waals surface area contributed by atoms with Gasteiger partial charge >= 0.3 is 0 Å². The third-order valence-corrected chi connectivity index (χ3v) is 5.74. The molecule has 1 aliphatic rings. The van der Waals surface area contributed by atoms with Gasteiger partial charge in [0.1, 0.15) is 6.04 Å². The molecule has 1 aromatic rings. The van der Waals surface area contributed by atoms with E-state index >= 15 is 0 Å². The lowest BCUT2D eigenvalue weighted by Crippen LogP contribution is -2.51. The normalized spacial score (nSPS) is 19.9. The smallest absolute Gasteiger partial charge is 0.246 e. The van der Waals surface area contributed by atoms with E-state index in [9.17, 15) is 13.2 Å². The summed E-state index contributed by atoms with van der Waals surface area (Å²) in [5.74, 6) is 0.342. The van der Waals surface area contributed by atoms with Crippen molar-refractivity contribution in [3.8, 4) is 0 Å². The van der Waals surface area contributed by atoms with E-state index in [1.54, 1.807) is 11.8 Å². The summed E-state index contributed by atoms with van der Waals surface area (Å²) in [5.41, 5.74) is 2.51. The summed E-state index contributed by atoms with van der Waals surface area (Å²) >= 11 is 0. The standard InChI is InChI=1S/C18H28N2O3S/c1-13-7-6-8-19(12-13)18(21)16(4)20(24(5,22)23)17-10-14(2)9-15(3)11-17/h9-11,13,16H,6-8,12H2,1-5H3/t13-,16-/m0/s1. The molecule has 0 saturated carbocycles. The van der Waals surface area contributed by atoms with Crippen LogP contribution in [0.4, 0.5) is 5.69 Å². The number of nitrogens with zero attached hydrogens (tertiary/aromatic N) is 2. The molecular weight excluding hydrogens is 324 g/mol. The molecule has 5 nitrogen and oxygen atoms in total. The Morgan fingerprint density at radius 3 is 2.33 bits per heavy atom. The van der Waals surface area contributed by atoms with Crippen molar-refractivity contribution in [3.63, 3.8) is 0 Å². The number of carbonyl (C=O) groups is 1. The third-order valence-electron chi connectivity index (χ3n) is 4.50. The molecule has 0 spiro atoms. The van der Waals surface area contributed by atoms with E-state index in [0.717, 1.165) is 30.2 Å². The predicted molar refractivity (Wildman–Crippen MR) is 97.7 cm³/mol. The minimum atomic E-state index is -3.56. The molecule has 1 amide bonds. The van der Waals surface area contributed by atoms with Gasteiger partial charge in [-0.05, 0) is 62.8 Å². The lowest BCUT2D eigenvalue weighted by molar-refractivity contribution is -0.133. The Labute approximate surface area is 145 Å². The first-order chi connectivity index (χ1) is 11.1. The van der Waals surface area contributed by atoms with Crippen LogP contribution < -0.4 is 4.31 Å². The molecule has 0 aliphatic carbocycles. The van der Waals surface area contributed by atoms with Crippen LogP contribution in [0.15, 0.2) is 18.2 Å². The number of sulfonamides is 1. The zero-order valence-electron chi connectivity index (χ0n) is 15.2. The molecule has 6 heteroatoms. The molecule has 2 atom stereocenters. The van der Waals surface area contributed by atoms with Gasteiger partial charge in [-0.15, -0.1) is 0 Å². The number of hydrogen-bond acceptors (Lipinski definition) is 3. The number of aryl methyl sites for hydroxylation is 2. The van der Waals surface area contributed by atoms with Gasteiger partial charge in [0.05, 0.1) is 11.9 Å². The van der Waals surface area contributed by atoms with Crippen LogP contribution >= 0.6 is 0 Å². The van der Waals surface area contributed by atoms with Gasteiger partial charge in [0.2, 0.25) is 15.9 Å². The fourth-order valence-corrected chi connectivity index (χ4v) is 4.69. The topological polar surface area (TPSA) is 57.7 Å². The van der Waals surface area contributed by atoms with Gasteiger partial charge in [-0.2, -0.15) is 0 Å². The maximum absolute atomic E-state index is 12.9. The van der Waals surface area contributed by atoms with Crippen LogP contribution in [-0.4, -0.2) is 44.6 Å². The Hall–Kier alpha value is -1.56. The van der Waals surface area contributed by atoms with Gasteiger partial charge in [0.25, 0.3) is 0 Å². The number of carbonyl (C=O) groups excluding carboxylic acids is 1. The number of piperidine rings is 1. The zero-order chi connectivity index (χ0) is 18.1. The molecule has 1 heterocycles. The average molecular weight is 353 g/mol. The summed E-state index contributed by atoms with van der Waals surface area (Å²) in [4.78, 5) is 14.7. The van der Waals surface area contributed by atoms with Gasteiger partial charge in [-0.25, -0.2) is 8.42 Å². The van der Waals surface area contributed by atoms with Gasteiger partial charge in [-0.1, -0.05) is 13.0 Å². The summed E-state index contributed by atoms with van der Waals surface area (Å²) in [6.45, 7) is 9.07. The fraction of sp³-hybridized carbons (Fsp3) is 0.611. The minimum Gasteiger partial charge on any atom is -0.341 e. The first-order valence-corrected chi connectivity index (χ1v) is 10.3. The molecule has 1 saturated heterocycles. The summed E-state index contributed by atoms with van der Waals surface area (Å²) in [6, 6.07) is 4.88. The molecule has 0 unspecified atom stereocenters. The van der Waals surface area contributed by atoms with Crippen LogP contribution in [-0.2, 0) is 14.8 Å². The summed E-state index contributed by atoms with van der Waals surface area (Å²) in [6.07, 6.45) is 3.25. The van der Waals surface area contributed by atoms with Crippen molar-refractivity contribution in [1.29, 1.82) is 0 Å². The van der Waals surface area contributed by atoms with Crippen molar-refractivity contribution in [1.82, 2.24) is 4.90 Å². The van der Waals surface area contributed by atoms with Crippen molar-refractivity contribution in [2.24, 2.45) is 5.92 Å². The molecule has 0 radical (unpaired) electrons. The molecular formula is C18H28N2O3S. The van der Waals surface area contributed by atoms with E-state index in [1.165, 1.54) is 4.31 Å². The number of benzene rings is 1. The van der Waals surface area contributed by atoms with Crippen molar-refractivity contribution in [3.05, 3.63) is 29.3 Å². The van der Waals surface area contributed by atoms with Crippen LogP contribution in [0.2, 0.25) is 0 Å². The van der Waals surface area contributed by atoms with Crippen molar-refractivity contribution in [2.75, 3.05) is 23.7 Å². The molecule has 1 fully saturated rings. The number of anilines is 1. The quantitative estimate of drug-likeness (QED) is 0.837. The summed E-state index contributed by atoms with van der Waals surface area (Å²) in [5, 5.41) is 0. The van der Waals surface area contributed by atoms with Crippen LogP contribution in [0.5, 0.6) is 0 Å². The van der Waals surface area contributed by atoms with Crippen LogP contribution in [0.25, 0.3) is 0 Å². The predicted octanol–water partition coefficient (Wildman–Crippen LogP) is 2.72. The van der Waals surface area contributed by atoms with Gasteiger partial charge < -0.3 is 4.90 Å². The van der Waals surface area contributed by atoms with Crippen molar-refractivity contribution < 1.29 is 13.2 Å². The maximum atomic E-state index is 12.9. The molecule has 24 heavy (non-hydrogen) atoms. The van der Waals surface area contributed by atoms with Crippen LogP contribution in [0.3, 0.4) is 0 Å². The highest BCUT2D eigenvalue weighted by Crippen LogP contribution is 2.25. The second-order valence-electron chi connectivity index (χ2n) is 7.11. The van der Waals surface area contributed by atoms with E-state index < -0.39 is 16.1 Å². The van der Waals surface area contributed by atoms with Crippen LogP contribution in [0.1, 0.15) is 37.8 Å². The monoisotopic (exact) mass is 352 g/mol. The van der Waals surface area contributed by atoms with E-state index in [0.29, 0.717) is 24.7 Å². The highest BCUT2D eigenvalue weighted by atomic mass is 32.2. The second-order valence-corrected chi connectivity index (χ2v) is 8.97. The maximum Gasteiger partial charge on any atom is 0.246 e. The highest BCUT2D eigenvalue weighted by molar-refractivity contribution is 7.92. The summed E-state index contributed by atoms with van der Waals surface area (Å²) < 4.78 is 26.1. The Bertz CT molecular complexity index is 695. The third kappa shape index (κ3) is 4.29. The number of rotatable bonds is 4. The molecule has 0 N–H and O–H groups in total. The fourth-order valence-electron chi connectivity index (χ4n) is 3.53. The van der Waals surface area contributed by atoms with E-state index in [4.69, 9.17) is 0 Å². The minimum absolute atomic E-state index is 0.119. The van der Waals surface area contributed by atoms with Crippen LogP contribution in [0, 0.1) is 19.8 Å². The first-order valence-electron chi connectivity index (χ1n) is 8.46. The number of hydrogen-bond donors (Lipinski definition) is 0. The molecule has 134 valence electrons. The average Bonchev–Trinajstić information content (AvgIpc) is 2.44. The van der Waals surface area contributed by atoms with Crippen molar-refractivity contribution >= 4 is 21.6 Å². The summed E-state index contributed by atoms with van der Waals surface area (Å²) in [7, 11) is -3.56.